The van der Waals surface area contributed by atoms with Gasteiger partial charge in [0.2, 0.25) is 0 Å². The number of nitrogens with one attached hydrogen (secondary N) is 1. The maximum atomic E-state index is 12.8. The quantitative estimate of drug-likeness (QED) is 0.649. The predicted octanol–water partition coefficient (Wildman–Crippen LogP) is 3.08. The number of nitrogens with two attached hydrogens (primary N) is 1. The first-order chi connectivity index (χ1) is 10.1. The maximum Gasteiger partial charge on any atom is 0.256 e. The minimum absolute atomic E-state index is 0.111. The van der Waals surface area contributed by atoms with Gasteiger partial charge >= 0.3 is 0 Å². The van der Waals surface area contributed by atoms with E-state index in [0.717, 1.165) is 31.5 Å². The van der Waals surface area contributed by atoms with Crippen molar-refractivity contribution in [1.29, 1.82) is 0 Å². The van der Waals surface area contributed by atoms with Gasteiger partial charge in [-0.1, -0.05) is 24.5 Å². The third kappa shape index (κ3) is 2.77. The lowest BCUT2D eigenvalue weighted by atomic mass is 9.77. The van der Waals surface area contributed by atoms with Crippen molar-refractivity contribution in [1.82, 2.24) is 4.90 Å². The van der Waals surface area contributed by atoms with Crippen molar-refractivity contribution < 1.29 is 4.79 Å². The Morgan fingerprint density at radius 1 is 1.19 bits per heavy atom. The van der Waals surface area contributed by atoms with Crippen LogP contribution in [0.4, 0.5) is 5.69 Å². The fraction of sp³-hybridized carbons (Fsp3) is 0.588. The fourth-order valence-corrected chi connectivity index (χ4v) is 3.94. The molecule has 1 aliphatic heterocycles. The number of nitrogen functional groups attached to an aromatic ring is 1. The number of carbonyl (C=O) groups excluding carboxylic acids is 1. The Balaban J connectivity index is 1.73. The Morgan fingerprint density at radius 3 is 2.48 bits per heavy atom. The van der Waals surface area contributed by atoms with Crippen LogP contribution < -0.4 is 11.3 Å². The molecule has 0 aromatic heterocycles. The Labute approximate surface area is 126 Å². The van der Waals surface area contributed by atoms with Crippen molar-refractivity contribution in [3.05, 3.63) is 29.3 Å². The van der Waals surface area contributed by atoms with Crippen molar-refractivity contribution in [2.75, 3.05) is 18.5 Å². The SMILES string of the molecule is Cc1ccc(NN)c(C(=O)N2CCC3(CCCC3)CC2)c1. The van der Waals surface area contributed by atoms with E-state index in [-0.39, 0.29) is 5.91 Å². The van der Waals surface area contributed by atoms with E-state index in [1.165, 1.54) is 25.7 Å². The monoisotopic (exact) mass is 287 g/mol. The van der Waals surface area contributed by atoms with Gasteiger partial charge in [-0.3, -0.25) is 10.6 Å². The Kier molecular flexibility index (Phi) is 3.89. The highest BCUT2D eigenvalue weighted by molar-refractivity contribution is 5.99. The molecule has 3 N–H and O–H groups in total. The molecule has 0 bridgehead atoms. The van der Waals surface area contributed by atoms with Crippen LogP contribution in [0.3, 0.4) is 0 Å². The Morgan fingerprint density at radius 2 is 1.86 bits per heavy atom. The molecule has 1 saturated heterocycles. The molecule has 21 heavy (non-hydrogen) atoms. The van der Waals surface area contributed by atoms with E-state index in [4.69, 9.17) is 5.84 Å². The van der Waals surface area contributed by atoms with Crippen molar-refractivity contribution >= 4 is 11.6 Å². The third-order valence-corrected chi connectivity index (χ3v) is 5.34. The molecule has 114 valence electrons. The van der Waals surface area contributed by atoms with Crippen LogP contribution in [-0.2, 0) is 0 Å². The molecule has 4 nitrogen and oxygen atoms in total. The van der Waals surface area contributed by atoms with Gasteiger partial charge in [-0.05, 0) is 50.2 Å². The molecular formula is C17H25N3O. The second-order valence-electron chi connectivity index (χ2n) is 6.69. The summed E-state index contributed by atoms with van der Waals surface area (Å²) >= 11 is 0. The summed E-state index contributed by atoms with van der Waals surface area (Å²) in [7, 11) is 0. The van der Waals surface area contributed by atoms with Crippen LogP contribution in [0.15, 0.2) is 18.2 Å². The van der Waals surface area contributed by atoms with Crippen LogP contribution in [0.1, 0.15) is 54.4 Å². The smallest absolute Gasteiger partial charge is 0.256 e. The van der Waals surface area contributed by atoms with Gasteiger partial charge in [-0.15, -0.1) is 0 Å². The number of piperidine rings is 1. The molecule has 1 amide bonds. The number of hydrogen-bond acceptors (Lipinski definition) is 3. The summed E-state index contributed by atoms with van der Waals surface area (Å²) in [6.45, 7) is 3.77. The van der Waals surface area contributed by atoms with Crippen LogP contribution in [0.5, 0.6) is 0 Å². The predicted molar refractivity (Wildman–Crippen MR) is 85.0 cm³/mol. The minimum atomic E-state index is 0.111. The van der Waals surface area contributed by atoms with Gasteiger partial charge in [0, 0.05) is 13.1 Å². The normalized spacial score (nSPS) is 20.8. The molecule has 0 radical (unpaired) electrons. The van der Waals surface area contributed by atoms with E-state index in [2.05, 4.69) is 5.43 Å². The zero-order valence-electron chi connectivity index (χ0n) is 12.8. The van der Waals surface area contributed by atoms with Gasteiger partial charge in [-0.25, -0.2) is 0 Å². The largest absolute Gasteiger partial charge is 0.339 e. The summed E-state index contributed by atoms with van der Waals surface area (Å²) in [5.74, 6) is 5.65. The van der Waals surface area contributed by atoms with Crippen LogP contribution >= 0.6 is 0 Å². The first-order valence-corrected chi connectivity index (χ1v) is 8.00. The van der Waals surface area contributed by atoms with Gasteiger partial charge in [-0.2, -0.15) is 0 Å². The molecule has 1 heterocycles. The molecule has 2 fully saturated rings. The van der Waals surface area contributed by atoms with E-state index < -0.39 is 0 Å². The molecule has 0 unspecified atom stereocenters. The zero-order chi connectivity index (χ0) is 14.9. The number of hydrogen-bond donors (Lipinski definition) is 2. The first-order valence-electron chi connectivity index (χ1n) is 8.00. The molecule has 1 aromatic carbocycles. The molecule has 3 rings (SSSR count). The summed E-state index contributed by atoms with van der Waals surface area (Å²) in [5.41, 5.74) is 5.68. The number of nitrogens with zero attached hydrogens (tertiary/aromatic N) is 1. The number of rotatable bonds is 2. The number of hydrazine groups is 1. The van der Waals surface area contributed by atoms with Crippen molar-refractivity contribution in [2.24, 2.45) is 11.3 Å². The van der Waals surface area contributed by atoms with Gasteiger partial charge < -0.3 is 10.3 Å². The Bertz CT molecular complexity index is 525. The summed E-state index contributed by atoms with van der Waals surface area (Å²) in [6, 6.07) is 5.78. The number of benzene rings is 1. The number of aryl methyl sites for hydroxylation is 1. The molecule has 0 atom stereocenters. The summed E-state index contributed by atoms with van der Waals surface area (Å²) < 4.78 is 0. The van der Waals surface area contributed by atoms with Gasteiger partial charge in [0.1, 0.15) is 0 Å². The average molecular weight is 287 g/mol. The van der Waals surface area contributed by atoms with Crippen LogP contribution in [0, 0.1) is 12.3 Å². The van der Waals surface area contributed by atoms with Gasteiger partial charge in [0.15, 0.2) is 0 Å². The second kappa shape index (κ2) is 5.68. The van der Waals surface area contributed by atoms with Gasteiger partial charge in [0.05, 0.1) is 11.3 Å². The van der Waals surface area contributed by atoms with Crippen molar-refractivity contribution in [2.45, 2.75) is 45.4 Å². The second-order valence-corrected chi connectivity index (χ2v) is 6.69. The van der Waals surface area contributed by atoms with Crippen LogP contribution in [0.2, 0.25) is 0 Å². The molecule has 1 spiro atoms. The summed E-state index contributed by atoms with van der Waals surface area (Å²) in [4.78, 5) is 14.8. The van der Waals surface area contributed by atoms with E-state index in [1.807, 2.05) is 30.0 Å². The van der Waals surface area contributed by atoms with E-state index >= 15 is 0 Å². The standard InChI is InChI=1S/C17H25N3O/c1-13-4-5-15(19-18)14(12-13)16(21)20-10-8-17(9-11-20)6-2-3-7-17/h4-5,12,19H,2-3,6-11,18H2,1H3. The third-order valence-electron chi connectivity index (χ3n) is 5.34. The Hall–Kier alpha value is -1.55. The van der Waals surface area contributed by atoms with E-state index in [1.54, 1.807) is 0 Å². The van der Waals surface area contributed by atoms with Crippen LogP contribution in [0.25, 0.3) is 0 Å². The van der Waals surface area contributed by atoms with Gasteiger partial charge in [0.25, 0.3) is 5.91 Å². The topological polar surface area (TPSA) is 58.4 Å². The van der Waals surface area contributed by atoms with Crippen LogP contribution in [-0.4, -0.2) is 23.9 Å². The summed E-state index contributed by atoms with van der Waals surface area (Å²) in [6.07, 6.45) is 7.77. The zero-order valence-corrected chi connectivity index (χ0v) is 12.8. The number of anilines is 1. The van der Waals surface area contributed by atoms with Crippen molar-refractivity contribution in [3.63, 3.8) is 0 Å². The molecule has 2 aliphatic rings. The minimum Gasteiger partial charge on any atom is -0.339 e. The molecule has 1 aliphatic carbocycles. The highest BCUT2D eigenvalue weighted by Gasteiger charge is 2.38. The molecule has 4 heteroatoms. The van der Waals surface area contributed by atoms with E-state index in [0.29, 0.717) is 16.7 Å². The number of carbonyl (C=O) groups is 1. The molecule has 1 saturated carbocycles. The first kappa shape index (κ1) is 14.4. The lowest BCUT2D eigenvalue weighted by Gasteiger charge is -2.39. The maximum absolute atomic E-state index is 12.8. The fourth-order valence-electron chi connectivity index (χ4n) is 3.94. The number of amides is 1. The highest BCUT2D eigenvalue weighted by atomic mass is 16.2. The molecule has 1 aromatic rings. The number of likely N-dealkylation sites (tertiary alicyclic amines) is 1. The summed E-state index contributed by atoms with van der Waals surface area (Å²) in [5, 5.41) is 0. The highest BCUT2D eigenvalue weighted by Crippen LogP contribution is 2.46. The van der Waals surface area contributed by atoms with Crippen molar-refractivity contribution in [3.8, 4) is 0 Å². The molecular weight excluding hydrogens is 262 g/mol. The van der Waals surface area contributed by atoms with E-state index in [9.17, 15) is 4.79 Å². The lowest BCUT2D eigenvalue weighted by molar-refractivity contribution is 0.0588. The average Bonchev–Trinajstić information content (AvgIpc) is 2.95. The lowest BCUT2D eigenvalue weighted by Crippen LogP contribution is -2.42.